The Morgan fingerprint density at radius 1 is 0.424 bits per heavy atom. The van der Waals surface area contributed by atoms with Crippen molar-refractivity contribution < 1.29 is 0 Å². The number of fused-ring (bicyclic) bond motifs is 9. The first-order valence-corrected chi connectivity index (χ1v) is 21.1. The number of rotatable bonds is 5. The smallest absolute Gasteiger partial charge is 0.161 e. The van der Waals surface area contributed by atoms with E-state index in [4.69, 9.17) is 9.97 Å². The summed E-state index contributed by atoms with van der Waals surface area (Å²) in [6.45, 7) is 4.74. The number of nitrogens with zero attached hydrogens (tertiary/aromatic N) is 3. The Labute approximate surface area is 346 Å². The van der Waals surface area contributed by atoms with Crippen LogP contribution < -0.4 is 0 Å². The fourth-order valence-electron chi connectivity index (χ4n) is 9.49. The van der Waals surface area contributed by atoms with Crippen LogP contribution in [0.5, 0.6) is 0 Å². The molecular formula is C55H37N3S. The average Bonchev–Trinajstić information content (AvgIpc) is 3.91. The zero-order valence-electron chi connectivity index (χ0n) is 32.6. The normalized spacial score (nSPS) is 13.1. The van der Waals surface area contributed by atoms with Crippen LogP contribution in [0.1, 0.15) is 25.0 Å². The molecule has 0 aliphatic heterocycles. The van der Waals surface area contributed by atoms with Crippen molar-refractivity contribution in [3.63, 3.8) is 0 Å². The van der Waals surface area contributed by atoms with Crippen LogP contribution in [0.2, 0.25) is 0 Å². The summed E-state index contributed by atoms with van der Waals surface area (Å²) in [6, 6.07) is 68.1. The first-order chi connectivity index (χ1) is 29.0. The standard InChI is InChI=1S/C55H37N3S/c1-55(2)46-24-14-12-22-39(46)42-31-43-40-27-26-37(34-16-6-3-7-17-34)28-50(40)58(51(43)32-47(42)55)38-29-44-41-23-13-15-25-52(41)59-53(44)45(30-38)54-56-48(35-18-8-4-9-19-35)33-49(57-54)36-20-10-5-11-21-36/h3-33H,1-2H3. The van der Waals surface area contributed by atoms with Crippen LogP contribution in [0, 0.1) is 0 Å². The van der Waals surface area contributed by atoms with Gasteiger partial charge < -0.3 is 4.57 Å². The molecule has 1 aliphatic rings. The summed E-state index contributed by atoms with van der Waals surface area (Å²) in [6.07, 6.45) is 0. The summed E-state index contributed by atoms with van der Waals surface area (Å²) in [4.78, 5) is 10.8. The molecule has 59 heavy (non-hydrogen) atoms. The van der Waals surface area contributed by atoms with Gasteiger partial charge in [0.25, 0.3) is 0 Å². The lowest BCUT2D eigenvalue weighted by atomic mass is 9.82. The molecule has 11 aromatic rings. The van der Waals surface area contributed by atoms with Crippen LogP contribution in [-0.2, 0) is 5.41 Å². The lowest BCUT2D eigenvalue weighted by molar-refractivity contribution is 0.661. The Balaban J connectivity index is 1.20. The van der Waals surface area contributed by atoms with Crippen LogP contribution in [0.15, 0.2) is 188 Å². The van der Waals surface area contributed by atoms with Gasteiger partial charge in [0.05, 0.1) is 22.4 Å². The molecule has 3 nitrogen and oxygen atoms in total. The van der Waals surface area contributed by atoms with Crippen molar-refractivity contribution in [1.82, 2.24) is 14.5 Å². The largest absolute Gasteiger partial charge is 0.309 e. The third kappa shape index (κ3) is 5.26. The highest BCUT2D eigenvalue weighted by Crippen LogP contribution is 2.51. The fraction of sp³-hybridized carbons (Fsp3) is 0.0545. The predicted octanol–water partition coefficient (Wildman–Crippen LogP) is 14.9. The summed E-state index contributed by atoms with van der Waals surface area (Å²) in [5.41, 5.74) is 16.0. The minimum Gasteiger partial charge on any atom is -0.309 e. The van der Waals surface area contributed by atoms with Crippen LogP contribution in [0.4, 0.5) is 0 Å². The first-order valence-electron chi connectivity index (χ1n) is 20.2. The molecule has 3 heterocycles. The van der Waals surface area contributed by atoms with Crippen molar-refractivity contribution in [3.8, 4) is 61.8 Å². The van der Waals surface area contributed by atoms with Gasteiger partial charge >= 0.3 is 0 Å². The van der Waals surface area contributed by atoms with E-state index in [0.29, 0.717) is 5.82 Å². The highest BCUT2D eigenvalue weighted by molar-refractivity contribution is 7.26. The Bertz CT molecular complexity index is 3390. The van der Waals surface area contributed by atoms with Crippen LogP contribution >= 0.6 is 11.3 Å². The molecule has 0 amide bonds. The number of hydrogen-bond donors (Lipinski definition) is 0. The van der Waals surface area contributed by atoms with Gasteiger partial charge in [-0.15, -0.1) is 11.3 Å². The van der Waals surface area contributed by atoms with Gasteiger partial charge in [-0.25, -0.2) is 9.97 Å². The molecule has 0 fully saturated rings. The average molecular weight is 772 g/mol. The summed E-state index contributed by atoms with van der Waals surface area (Å²) in [5.74, 6) is 0.715. The lowest BCUT2D eigenvalue weighted by Crippen LogP contribution is -2.15. The second-order valence-electron chi connectivity index (χ2n) is 16.2. The molecule has 0 bridgehead atoms. The molecule has 278 valence electrons. The highest BCUT2D eigenvalue weighted by Gasteiger charge is 2.36. The Morgan fingerprint density at radius 3 is 1.78 bits per heavy atom. The Morgan fingerprint density at radius 2 is 1.05 bits per heavy atom. The molecule has 0 saturated heterocycles. The van der Waals surface area contributed by atoms with Crippen molar-refractivity contribution in [2.75, 3.05) is 0 Å². The summed E-state index contributed by atoms with van der Waals surface area (Å²) >= 11 is 1.82. The molecular weight excluding hydrogens is 735 g/mol. The first kappa shape index (κ1) is 33.9. The van der Waals surface area contributed by atoms with Gasteiger partial charge in [0.1, 0.15) is 0 Å². The van der Waals surface area contributed by atoms with Crippen molar-refractivity contribution >= 4 is 53.3 Å². The van der Waals surface area contributed by atoms with Crippen molar-refractivity contribution in [1.29, 1.82) is 0 Å². The van der Waals surface area contributed by atoms with Gasteiger partial charge in [0, 0.05) is 58.7 Å². The number of hydrogen-bond acceptors (Lipinski definition) is 3. The maximum atomic E-state index is 5.40. The van der Waals surface area contributed by atoms with Crippen molar-refractivity contribution in [2.45, 2.75) is 19.3 Å². The molecule has 0 N–H and O–H groups in total. The lowest BCUT2D eigenvalue weighted by Gasteiger charge is -2.21. The topological polar surface area (TPSA) is 30.7 Å². The van der Waals surface area contributed by atoms with Gasteiger partial charge in [-0.05, 0) is 75.8 Å². The molecule has 12 rings (SSSR count). The van der Waals surface area contributed by atoms with E-state index >= 15 is 0 Å². The number of aromatic nitrogens is 3. The van der Waals surface area contributed by atoms with E-state index in [1.807, 2.05) is 11.3 Å². The zero-order chi connectivity index (χ0) is 39.2. The van der Waals surface area contributed by atoms with Gasteiger partial charge in [-0.2, -0.15) is 0 Å². The van der Waals surface area contributed by atoms with Gasteiger partial charge in [0.2, 0.25) is 0 Å². The Hall–Kier alpha value is -7.14. The van der Waals surface area contributed by atoms with Gasteiger partial charge in [0.15, 0.2) is 5.82 Å². The van der Waals surface area contributed by atoms with Crippen LogP contribution in [0.25, 0.3) is 104 Å². The van der Waals surface area contributed by atoms with Crippen molar-refractivity contribution in [3.05, 3.63) is 199 Å². The maximum absolute atomic E-state index is 5.40. The highest BCUT2D eigenvalue weighted by atomic mass is 32.1. The second kappa shape index (κ2) is 12.9. The summed E-state index contributed by atoms with van der Waals surface area (Å²) in [7, 11) is 0. The molecule has 1 aliphatic carbocycles. The number of thiophene rings is 1. The monoisotopic (exact) mass is 771 g/mol. The zero-order valence-corrected chi connectivity index (χ0v) is 33.5. The molecule has 0 unspecified atom stereocenters. The van der Waals surface area contributed by atoms with Gasteiger partial charge in [-0.3, -0.25) is 0 Å². The maximum Gasteiger partial charge on any atom is 0.161 e. The summed E-state index contributed by atoms with van der Waals surface area (Å²) in [5, 5.41) is 4.92. The molecule has 4 heteroatoms. The molecule has 3 aromatic heterocycles. The molecule has 0 atom stereocenters. The van der Waals surface area contributed by atoms with E-state index < -0.39 is 0 Å². The second-order valence-corrected chi connectivity index (χ2v) is 17.2. The third-order valence-electron chi connectivity index (χ3n) is 12.4. The molecule has 0 radical (unpaired) electrons. The van der Waals surface area contributed by atoms with Gasteiger partial charge in [-0.1, -0.05) is 159 Å². The molecule has 8 aromatic carbocycles. The quantitative estimate of drug-likeness (QED) is 0.174. The van der Waals surface area contributed by atoms with E-state index in [0.717, 1.165) is 33.8 Å². The third-order valence-corrected chi connectivity index (χ3v) is 13.6. The number of benzene rings is 8. The predicted molar refractivity (Wildman–Crippen MR) is 249 cm³/mol. The molecule has 0 saturated carbocycles. The minimum absolute atomic E-state index is 0.144. The Kier molecular flexibility index (Phi) is 7.44. The fourth-order valence-corrected chi connectivity index (χ4v) is 10.7. The van der Waals surface area contributed by atoms with Crippen LogP contribution in [0.3, 0.4) is 0 Å². The van der Waals surface area contributed by atoms with Crippen molar-refractivity contribution in [2.24, 2.45) is 0 Å². The minimum atomic E-state index is -0.144. The van der Waals surface area contributed by atoms with E-state index in [1.54, 1.807) is 0 Å². The SMILES string of the molecule is CC1(C)c2ccccc2-c2cc3c4ccc(-c5ccccc5)cc4n(-c4cc(-c5nc(-c6ccccc6)cc(-c6ccccc6)n5)c5sc6ccccc6c5c4)c3cc21. The van der Waals surface area contributed by atoms with E-state index in [-0.39, 0.29) is 5.41 Å². The summed E-state index contributed by atoms with van der Waals surface area (Å²) < 4.78 is 4.93. The van der Waals surface area contributed by atoms with E-state index in [9.17, 15) is 0 Å². The van der Waals surface area contributed by atoms with E-state index in [1.165, 1.54) is 75.4 Å². The van der Waals surface area contributed by atoms with E-state index in [2.05, 4.69) is 206 Å². The molecule has 0 spiro atoms. The van der Waals surface area contributed by atoms with Crippen LogP contribution in [-0.4, -0.2) is 14.5 Å².